The Morgan fingerprint density at radius 3 is 2.33 bits per heavy atom. The average molecular weight is 372 g/mol. The van der Waals surface area contributed by atoms with Crippen LogP contribution in [0, 0.1) is 0 Å². The van der Waals surface area contributed by atoms with E-state index < -0.39 is 0 Å². The van der Waals surface area contributed by atoms with Gasteiger partial charge in [-0.25, -0.2) is 34.3 Å². The molecule has 0 bridgehead atoms. The van der Waals surface area contributed by atoms with Gasteiger partial charge in [0.05, 0.1) is 12.4 Å². The largest absolute Gasteiger partial charge is 0.368 e. The SMILES string of the molecule is Nc1ncc2nc(-c3nc4cncnc4s3)sc2n1.c1cnsc1. The van der Waals surface area contributed by atoms with Gasteiger partial charge in [-0.2, -0.15) is 0 Å². The van der Waals surface area contributed by atoms with E-state index in [9.17, 15) is 0 Å². The minimum absolute atomic E-state index is 0.248. The third kappa shape index (κ3) is 3.04. The first-order valence-electron chi connectivity index (χ1n) is 6.60. The molecule has 118 valence electrons. The summed E-state index contributed by atoms with van der Waals surface area (Å²) in [4.78, 5) is 26.7. The number of hydrogen-bond donors (Lipinski definition) is 1. The number of nitrogens with zero attached hydrogens (tertiary/aromatic N) is 7. The van der Waals surface area contributed by atoms with Crippen molar-refractivity contribution in [3.63, 3.8) is 0 Å². The topological polar surface area (TPSA) is 116 Å². The molecule has 5 aromatic rings. The molecule has 0 aromatic carbocycles. The molecule has 2 N–H and O–H groups in total. The summed E-state index contributed by atoms with van der Waals surface area (Å²) in [6.45, 7) is 0. The number of thiazole rings is 2. The average Bonchev–Trinajstić information content (AvgIpc) is 3.34. The van der Waals surface area contributed by atoms with E-state index in [0.717, 1.165) is 30.7 Å². The zero-order chi connectivity index (χ0) is 16.4. The summed E-state index contributed by atoms with van der Waals surface area (Å²) in [5.41, 5.74) is 7.05. The second kappa shape index (κ2) is 6.47. The summed E-state index contributed by atoms with van der Waals surface area (Å²) in [5.74, 6) is 0.248. The fraction of sp³-hybridized carbons (Fsp3) is 0. The maximum absolute atomic E-state index is 5.56. The van der Waals surface area contributed by atoms with Crippen LogP contribution in [0.4, 0.5) is 5.95 Å². The lowest BCUT2D eigenvalue weighted by Gasteiger charge is -1.87. The summed E-state index contributed by atoms with van der Waals surface area (Å²) in [6.07, 6.45) is 6.58. The zero-order valence-electron chi connectivity index (χ0n) is 11.9. The first-order valence-corrected chi connectivity index (χ1v) is 9.07. The lowest BCUT2D eigenvalue weighted by Crippen LogP contribution is -1.92. The van der Waals surface area contributed by atoms with Gasteiger partial charge in [0.1, 0.15) is 27.0 Å². The van der Waals surface area contributed by atoms with Gasteiger partial charge >= 0.3 is 0 Å². The molecule has 0 spiro atoms. The zero-order valence-corrected chi connectivity index (χ0v) is 14.3. The molecule has 0 aliphatic rings. The number of nitrogen functional groups attached to an aromatic ring is 1. The third-order valence-corrected chi connectivity index (χ3v) is 5.38. The Bertz CT molecular complexity index is 1030. The smallest absolute Gasteiger partial charge is 0.221 e. The van der Waals surface area contributed by atoms with Gasteiger partial charge in [0.25, 0.3) is 0 Å². The van der Waals surface area contributed by atoms with Crippen molar-refractivity contribution in [3.05, 3.63) is 36.4 Å². The van der Waals surface area contributed by atoms with Gasteiger partial charge in [0.2, 0.25) is 5.95 Å². The molecule has 0 aliphatic carbocycles. The molecule has 0 atom stereocenters. The van der Waals surface area contributed by atoms with E-state index in [0.29, 0.717) is 0 Å². The Morgan fingerprint density at radius 1 is 0.875 bits per heavy atom. The van der Waals surface area contributed by atoms with Crippen molar-refractivity contribution in [3.8, 4) is 10.0 Å². The van der Waals surface area contributed by atoms with Gasteiger partial charge in [0.15, 0.2) is 10.0 Å². The molecule has 0 unspecified atom stereocenters. The molecule has 5 heterocycles. The number of hydrogen-bond acceptors (Lipinski definition) is 11. The third-order valence-electron chi connectivity index (χ3n) is 2.77. The van der Waals surface area contributed by atoms with Crippen LogP contribution in [0.2, 0.25) is 0 Å². The summed E-state index contributed by atoms with van der Waals surface area (Å²) in [6, 6.07) is 1.91. The van der Waals surface area contributed by atoms with Gasteiger partial charge in [-0.3, -0.25) is 0 Å². The molecule has 0 saturated heterocycles. The van der Waals surface area contributed by atoms with Crippen molar-refractivity contribution in [2.24, 2.45) is 0 Å². The Kier molecular flexibility index (Phi) is 4.02. The van der Waals surface area contributed by atoms with E-state index in [1.165, 1.54) is 40.5 Å². The minimum Gasteiger partial charge on any atom is -0.368 e. The van der Waals surface area contributed by atoms with Crippen LogP contribution >= 0.6 is 34.2 Å². The molecule has 24 heavy (non-hydrogen) atoms. The Hall–Kier alpha value is -2.63. The fourth-order valence-electron chi connectivity index (χ4n) is 1.80. The van der Waals surface area contributed by atoms with Crippen LogP contribution in [0.25, 0.3) is 30.7 Å². The summed E-state index contributed by atoms with van der Waals surface area (Å²) in [5, 5.41) is 3.52. The van der Waals surface area contributed by atoms with Crippen molar-refractivity contribution < 1.29 is 0 Å². The standard InChI is InChI=1S/C10H5N7S2.C3H3NS/c11-10-13-2-5-7(17-10)19-9(16-5)8-15-4-1-12-3-14-6(4)18-8;1-2-4-5-3-1/h1-3H,(H2,11,13,17);1-3H. The predicted octanol–water partition coefficient (Wildman–Crippen LogP) is 2.88. The number of fused-ring (bicyclic) bond motifs is 2. The maximum Gasteiger partial charge on any atom is 0.221 e. The summed E-state index contributed by atoms with van der Waals surface area (Å²) < 4.78 is 3.76. The fourth-order valence-corrected chi connectivity index (χ4v) is 3.96. The number of rotatable bonds is 1. The lowest BCUT2D eigenvalue weighted by atomic mass is 10.6. The molecule has 5 rings (SSSR count). The van der Waals surface area contributed by atoms with Crippen LogP contribution < -0.4 is 5.73 Å². The van der Waals surface area contributed by atoms with Crippen LogP contribution in [-0.2, 0) is 0 Å². The molecule has 0 radical (unpaired) electrons. The van der Waals surface area contributed by atoms with E-state index in [1.807, 2.05) is 11.4 Å². The highest BCUT2D eigenvalue weighted by Crippen LogP contribution is 2.33. The van der Waals surface area contributed by atoms with Crippen LogP contribution in [0.3, 0.4) is 0 Å². The number of nitrogens with two attached hydrogens (primary N) is 1. The Labute approximate surface area is 147 Å². The molecule has 0 aliphatic heterocycles. The predicted molar refractivity (Wildman–Crippen MR) is 95.9 cm³/mol. The van der Waals surface area contributed by atoms with Crippen molar-refractivity contribution in [1.82, 2.24) is 34.3 Å². The van der Waals surface area contributed by atoms with E-state index >= 15 is 0 Å². The van der Waals surface area contributed by atoms with Crippen molar-refractivity contribution in [2.45, 2.75) is 0 Å². The molecular weight excluding hydrogens is 364 g/mol. The Morgan fingerprint density at radius 2 is 1.67 bits per heavy atom. The second-order valence-corrected chi connectivity index (χ2v) is 7.01. The van der Waals surface area contributed by atoms with Gasteiger partial charge < -0.3 is 5.73 Å². The first kappa shape index (κ1) is 14.9. The highest BCUT2D eigenvalue weighted by atomic mass is 32.1. The minimum atomic E-state index is 0.248. The van der Waals surface area contributed by atoms with Crippen LogP contribution in [0.1, 0.15) is 0 Å². The van der Waals surface area contributed by atoms with Crippen molar-refractivity contribution in [2.75, 3.05) is 5.73 Å². The highest BCUT2D eigenvalue weighted by molar-refractivity contribution is 7.27. The van der Waals surface area contributed by atoms with Gasteiger partial charge in [-0.15, -0.1) is 0 Å². The van der Waals surface area contributed by atoms with Gasteiger partial charge in [0, 0.05) is 11.6 Å². The van der Waals surface area contributed by atoms with E-state index in [1.54, 1.807) is 18.6 Å². The maximum atomic E-state index is 5.56. The van der Waals surface area contributed by atoms with Crippen molar-refractivity contribution in [1.29, 1.82) is 0 Å². The quantitative estimate of drug-likeness (QED) is 0.477. The van der Waals surface area contributed by atoms with Crippen LogP contribution in [0.15, 0.2) is 36.4 Å². The van der Waals surface area contributed by atoms with Crippen molar-refractivity contribution >= 4 is 60.8 Å². The second-order valence-electron chi connectivity index (χ2n) is 4.36. The summed E-state index contributed by atoms with van der Waals surface area (Å²) in [7, 11) is 0. The van der Waals surface area contributed by atoms with E-state index in [4.69, 9.17) is 5.73 Å². The first-order chi connectivity index (χ1) is 11.8. The van der Waals surface area contributed by atoms with Crippen LogP contribution in [-0.4, -0.2) is 34.3 Å². The van der Waals surface area contributed by atoms with Crippen LogP contribution in [0.5, 0.6) is 0 Å². The van der Waals surface area contributed by atoms with Gasteiger partial charge in [-0.05, 0) is 17.6 Å². The normalized spacial score (nSPS) is 10.7. The summed E-state index contributed by atoms with van der Waals surface area (Å²) >= 11 is 4.38. The molecular formula is C13H8N8S3. The highest BCUT2D eigenvalue weighted by Gasteiger charge is 2.13. The monoisotopic (exact) mass is 372 g/mol. The van der Waals surface area contributed by atoms with E-state index in [2.05, 4.69) is 34.3 Å². The van der Waals surface area contributed by atoms with Gasteiger partial charge in [-0.1, -0.05) is 22.7 Å². The Balaban J connectivity index is 0.000000252. The molecule has 0 amide bonds. The van der Waals surface area contributed by atoms with E-state index in [-0.39, 0.29) is 5.95 Å². The number of anilines is 1. The molecule has 0 fully saturated rings. The number of aromatic nitrogens is 7. The molecule has 0 saturated carbocycles. The lowest BCUT2D eigenvalue weighted by molar-refractivity contribution is 1.22. The molecule has 8 nitrogen and oxygen atoms in total. The molecule has 11 heteroatoms. The molecule has 5 aromatic heterocycles.